The highest BCUT2D eigenvalue weighted by atomic mass is 19.1. The van der Waals surface area contributed by atoms with E-state index in [1.165, 1.54) is 10.7 Å². The maximum Gasteiger partial charge on any atom is 0.299 e. The molecular formula is C25H23FN4O2. The number of benzene rings is 3. The molecule has 0 aliphatic rings. The summed E-state index contributed by atoms with van der Waals surface area (Å²) in [5.74, 6) is -0.769. The van der Waals surface area contributed by atoms with E-state index in [1.807, 2.05) is 57.2 Å². The highest BCUT2D eigenvalue weighted by Gasteiger charge is 2.15. The van der Waals surface area contributed by atoms with E-state index in [2.05, 4.69) is 15.3 Å². The Balaban J connectivity index is 1.75. The molecule has 162 valence electrons. The first-order chi connectivity index (χ1) is 15.2. The number of phenols is 1. The van der Waals surface area contributed by atoms with Crippen LogP contribution in [0.1, 0.15) is 22.4 Å². The Bertz CT molecular complexity index is 1420. The summed E-state index contributed by atoms with van der Waals surface area (Å²) < 4.78 is 15.7. The minimum Gasteiger partial charge on any atom is -0.505 e. The average Bonchev–Trinajstić information content (AvgIpc) is 3.04. The van der Waals surface area contributed by atoms with Crippen LogP contribution in [0.15, 0.2) is 69.6 Å². The lowest BCUT2D eigenvalue weighted by Gasteiger charge is -2.08. The molecular weight excluding hydrogens is 407 g/mol. The van der Waals surface area contributed by atoms with Gasteiger partial charge in [0.2, 0.25) is 0 Å². The van der Waals surface area contributed by atoms with E-state index in [-0.39, 0.29) is 22.7 Å². The minimum atomic E-state index is -0.563. The molecule has 0 radical (unpaired) electrons. The number of halogens is 1. The standard InChI is InChI=1S/C25H23FN4O2/c1-14-6-5-7-18(10-14)21-12-19(26)13-22(24(21)31)27-28-23-17(4)29-30(25(23)32)20-9-8-15(2)16(3)11-20/h5-13,29,31H,1-4H3. The van der Waals surface area contributed by atoms with Crippen molar-refractivity contribution < 1.29 is 9.50 Å². The van der Waals surface area contributed by atoms with Crippen LogP contribution in [0, 0.1) is 33.5 Å². The minimum absolute atomic E-state index is 0.0563. The van der Waals surface area contributed by atoms with Gasteiger partial charge in [0, 0.05) is 11.6 Å². The van der Waals surface area contributed by atoms with Crippen LogP contribution < -0.4 is 5.56 Å². The van der Waals surface area contributed by atoms with Gasteiger partial charge in [0.1, 0.15) is 11.5 Å². The third kappa shape index (κ3) is 3.97. The number of aromatic amines is 1. The summed E-state index contributed by atoms with van der Waals surface area (Å²) in [6, 6.07) is 15.4. The molecule has 32 heavy (non-hydrogen) atoms. The monoisotopic (exact) mass is 430 g/mol. The quantitative estimate of drug-likeness (QED) is 0.371. The van der Waals surface area contributed by atoms with Gasteiger partial charge < -0.3 is 5.11 Å². The fourth-order valence-electron chi connectivity index (χ4n) is 3.50. The van der Waals surface area contributed by atoms with Gasteiger partial charge in [-0.3, -0.25) is 9.89 Å². The molecule has 4 rings (SSSR count). The molecule has 0 amide bonds. The zero-order chi connectivity index (χ0) is 23.0. The smallest absolute Gasteiger partial charge is 0.299 e. The molecule has 0 atom stereocenters. The van der Waals surface area contributed by atoms with Gasteiger partial charge in [0.25, 0.3) is 5.56 Å². The number of aromatic hydroxyl groups is 1. The number of nitrogens with zero attached hydrogens (tertiary/aromatic N) is 3. The molecule has 0 aliphatic heterocycles. The molecule has 0 saturated heterocycles. The van der Waals surface area contributed by atoms with E-state index in [9.17, 15) is 14.3 Å². The molecule has 1 heterocycles. The molecule has 1 aromatic heterocycles. The molecule has 0 aliphatic carbocycles. The molecule has 0 saturated carbocycles. The number of aromatic nitrogens is 2. The largest absolute Gasteiger partial charge is 0.505 e. The summed E-state index contributed by atoms with van der Waals surface area (Å²) in [4.78, 5) is 12.9. The number of H-pyrrole nitrogens is 1. The zero-order valence-electron chi connectivity index (χ0n) is 18.3. The second-order valence-corrected chi connectivity index (χ2v) is 7.89. The maximum absolute atomic E-state index is 14.3. The summed E-state index contributed by atoms with van der Waals surface area (Å²) in [5.41, 5.74) is 4.95. The van der Waals surface area contributed by atoms with Crippen molar-refractivity contribution >= 4 is 11.4 Å². The van der Waals surface area contributed by atoms with Crippen LogP contribution in [-0.4, -0.2) is 14.9 Å². The van der Waals surface area contributed by atoms with Crippen LogP contribution in [0.3, 0.4) is 0 Å². The van der Waals surface area contributed by atoms with E-state index in [4.69, 9.17) is 0 Å². The predicted molar refractivity (Wildman–Crippen MR) is 123 cm³/mol. The Morgan fingerprint density at radius 2 is 1.72 bits per heavy atom. The Labute approximate surface area is 184 Å². The molecule has 0 unspecified atom stereocenters. The number of hydrogen-bond donors (Lipinski definition) is 2. The second-order valence-electron chi connectivity index (χ2n) is 7.89. The summed E-state index contributed by atoms with van der Waals surface area (Å²) >= 11 is 0. The summed E-state index contributed by atoms with van der Waals surface area (Å²) in [6.45, 7) is 7.59. The molecule has 4 aromatic rings. The molecule has 2 N–H and O–H groups in total. The van der Waals surface area contributed by atoms with Crippen molar-refractivity contribution in [3.8, 4) is 22.6 Å². The Morgan fingerprint density at radius 3 is 2.44 bits per heavy atom. The van der Waals surface area contributed by atoms with E-state index < -0.39 is 5.82 Å². The van der Waals surface area contributed by atoms with E-state index in [0.29, 0.717) is 22.5 Å². The van der Waals surface area contributed by atoms with Crippen LogP contribution in [0.5, 0.6) is 5.75 Å². The summed E-state index contributed by atoms with van der Waals surface area (Å²) in [7, 11) is 0. The predicted octanol–water partition coefficient (Wildman–Crippen LogP) is 6.33. The van der Waals surface area contributed by atoms with Gasteiger partial charge in [0.05, 0.1) is 11.4 Å². The topological polar surface area (TPSA) is 82.7 Å². The average molecular weight is 430 g/mol. The van der Waals surface area contributed by atoms with Crippen LogP contribution >= 0.6 is 0 Å². The van der Waals surface area contributed by atoms with E-state index >= 15 is 0 Å². The molecule has 0 spiro atoms. The van der Waals surface area contributed by atoms with Gasteiger partial charge >= 0.3 is 0 Å². The maximum atomic E-state index is 14.3. The summed E-state index contributed by atoms with van der Waals surface area (Å²) in [5, 5.41) is 21.8. The van der Waals surface area contributed by atoms with Gasteiger partial charge in [-0.1, -0.05) is 35.9 Å². The van der Waals surface area contributed by atoms with Crippen molar-refractivity contribution in [2.75, 3.05) is 0 Å². The van der Waals surface area contributed by atoms with Crippen LogP contribution in [0.25, 0.3) is 16.8 Å². The number of phenolic OH excluding ortho intramolecular Hbond substituents is 1. The second kappa shape index (κ2) is 8.26. The van der Waals surface area contributed by atoms with Crippen molar-refractivity contribution in [1.29, 1.82) is 0 Å². The van der Waals surface area contributed by atoms with Gasteiger partial charge in [-0.2, -0.15) is 0 Å². The first-order valence-electron chi connectivity index (χ1n) is 10.1. The van der Waals surface area contributed by atoms with Crippen LogP contribution in [0.4, 0.5) is 15.8 Å². The van der Waals surface area contributed by atoms with Gasteiger partial charge in [-0.25, -0.2) is 9.07 Å². The third-order valence-electron chi connectivity index (χ3n) is 5.43. The molecule has 3 aromatic carbocycles. The zero-order valence-corrected chi connectivity index (χ0v) is 18.3. The highest BCUT2D eigenvalue weighted by Crippen LogP contribution is 2.39. The number of rotatable bonds is 4. The normalized spacial score (nSPS) is 11.4. The van der Waals surface area contributed by atoms with Crippen molar-refractivity contribution in [3.05, 3.63) is 93.2 Å². The number of aryl methyl sites for hydroxylation is 4. The molecule has 0 bridgehead atoms. The van der Waals surface area contributed by atoms with Gasteiger partial charge in [-0.05, 0) is 62.6 Å². The van der Waals surface area contributed by atoms with Crippen molar-refractivity contribution in [2.24, 2.45) is 10.2 Å². The lowest BCUT2D eigenvalue weighted by atomic mass is 10.0. The van der Waals surface area contributed by atoms with E-state index in [0.717, 1.165) is 22.8 Å². The first kappa shape index (κ1) is 21.2. The van der Waals surface area contributed by atoms with Crippen LogP contribution in [-0.2, 0) is 0 Å². The Morgan fingerprint density at radius 1 is 0.938 bits per heavy atom. The fraction of sp³-hybridized carbons (Fsp3) is 0.160. The first-order valence-corrected chi connectivity index (χ1v) is 10.1. The van der Waals surface area contributed by atoms with Crippen molar-refractivity contribution in [2.45, 2.75) is 27.7 Å². The SMILES string of the molecule is Cc1cccc(-c2cc(F)cc(N=Nc3c(C)[nH]n(-c4ccc(C)c(C)c4)c3=O)c2O)c1. The number of nitrogens with one attached hydrogen (secondary N) is 1. The third-order valence-corrected chi connectivity index (χ3v) is 5.43. The fourth-order valence-corrected chi connectivity index (χ4v) is 3.50. The molecule has 0 fully saturated rings. The lowest BCUT2D eigenvalue weighted by molar-refractivity contribution is 0.476. The molecule has 6 nitrogen and oxygen atoms in total. The summed E-state index contributed by atoms with van der Waals surface area (Å²) in [6.07, 6.45) is 0. The lowest BCUT2D eigenvalue weighted by Crippen LogP contribution is -2.14. The van der Waals surface area contributed by atoms with Crippen molar-refractivity contribution in [3.63, 3.8) is 0 Å². The van der Waals surface area contributed by atoms with Crippen LogP contribution in [0.2, 0.25) is 0 Å². The van der Waals surface area contributed by atoms with E-state index in [1.54, 1.807) is 13.0 Å². The Kier molecular flexibility index (Phi) is 5.48. The molecule has 7 heteroatoms. The highest BCUT2D eigenvalue weighted by molar-refractivity contribution is 5.76. The van der Waals surface area contributed by atoms with Gasteiger partial charge in [-0.15, -0.1) is 10.2 Å². The van der Waals surface area contributed by atoms with Gasteiger partial charge in [0.15, 0.2) is 11.4 Å². The number of hydrogen-bond acceptors (Lipinski definition) is 4. The number of azo groups is 1. The van der Waals surface area contributed by atoms with Crippen molar-refractivity contribution in [1.82, 2.24) is 9.78 Å². The Hall–Kier alpha value is -4.00.